The summed E-state index contributed by atoms with van der Waals surface area (Å²) in [4.78, 5) is 33.8. The zero-order valence-corrected chi connectivity index (χ0v) is 14.3. The van der Waals surface area contributed by atoms with E-state index >= 15 is 0 Å². The normalized spacial score (nSPS) is 10.4. The average molecular weight is 373 g/mol. The molecule has 2 N–H and O–H groups in total. The first-order valence-electron chi connectivity index (χ1n) is 7.50. The summed E-state index contributed by atoms with van der Waals surface area (Å²) in [6.45, 7) is 1.15. The Balaban J connectivity index is 2.31. The molecule has 10 heteroatoms. The van der Waals surface area contributed by atoms with Crippen LogP contribution in [-0.2, 0) is 4.79 Å². The minimum atomic E-state index is -0.724. The van der Waals surface area contributed by atoms with Crippen LogP contribution in [0.1, 0.15) is 22.8 Å². The van der Waals surface area contributed by atoms with Crippen molar-refractivity contribution in [3.8, 4) is 17.2 Å². The van der Waals surface area contributed by atoms with Crippen LogP contribution in [0.4, 0.5) is 5.69 Å². The summed E-state index contributed by atoms with van der Waals surface area (Å²) >= 11 is 0. The van der Waals surface area contributed by atoms with Crippen molar-refractivity contribution < 1.29 is 29.1 Å². The molecule has 0 bridgehead atoms. The van der Waals surface area contributed by atoms with Gasteiger partial charge in [-0.3, -0.25) is 19.7 Å². The monoisotopic (exact) mass is 373 g/mol. The molecule has 0 spiro atoms. The predicted octanol–water partition coefficient (Wildman–Crippen LogP) is 2.00. The molecule has 0 unspecified atom stereocenters. The molecular formula is C17H15N3O7. The number of phenols is 1. The van der Waals surface area contributed by atoms with Gasteiger partial charge in [-0.25, -0.2) is 5.43 Å². The van der Waals surface area contributed by atoms with Gasteiger partial charge in [0, 0.05) is 6.92 Å². The van der Waals surface area contributed by atoms with E-state index < -0.39 is 22.5 Å². The number of para-hydroxylation sites is 1. The zero-order chi connectivity index (χ0) is 20.0. The highest BCUT2D eigenvalue weighted by Crippen LogP contribution is 2.39. The molecular weight excluding hydrogens is 358 g/mol. The maximum atomic E-state index is 12.0. The van der Waals surface area contributed by atoms with Crippen LogP contribution < -0.4 is 14.9 Å². The Morgan fingerprint density at radius 2 is 1.96 bits per heavy atom. The number of carbonyl (C=O) groups is 2. The zero-order valence-electron chi connectivity index (χ0n) is 14.3. The van der Waals surface area contributed by atoms with Crippen molar-refractivity contribution in [2.75, 3.05) is 7.11 Å². The minimum Gasteiger partial charge on any atom is -0.507 e. The van der Waals surface area contributed by atoms with E-state index in [0.29, 0.717) is 0 Å². The highest BCUT2D eigenvalue weighted by Gasteiger charge is 2.25. The van der Waals surface area contributed by atoms with Gasteiger partial charge < -0.3 is 14.6 Å². The van der Waals surface area contributed by atoms with E-state index in [0.717, 1.165) is 13.1 Å². The van der Waals surface area contributed by atoms with Gasteiger partial charge in [0.15, 0.2) is 5.75 Å². The third-order valence-corrected chi connectivity index (χ3v) is 3.29. The molecule has 0 saturated carbocycles. The molecule has 10 nitrogen and oxygen atoms in total. The summed E-state index contributed by atoms with van der Waals surface area (Å²) < 4.78 is 9.88. The van der Waals surface area contributed by atoms with Gasteiger partial charge in [-0.1, -0.05) is 12.1 Å². The minimum absolute atomic E-state index is 0.00494. The lowest BCUT2D eigenvalue weighted by Gasteiger charge is -2.09. The van der Waals surface area contributed by atoms with Crippen LogP contribution in [0.25, 0.3) is 0 Å². The molecule has 0 aliphatic carbocycles. The lowest BCUT2D eigenvalue weighted by atomic mass is 10.1. The second-order valence-corrected chi connectivity index (χ2v) is 5.10. The first-order valence-corrected chi connectivity index (χ1v) is 7.50. The number of ether oxygens (including phenoxy) is 2. The van der Waals surface area contributed by atoms with Gasteiger partial charge >= 0.3 is 11.7 Å². The number of nitrogens with zero attached hydrogens (tertiary/aromatic N) is 2. The van der Waals surface area contributed by atoms with Gasteiger partial charge in [-0.15, -0.1) is 0 Å². The summed E-state index contributed by atoms with van der Waals surface area (Å²) in [7, 11) is 1.19. The number of hydrogen-bond donors (Lipinski definition) is 2. The number of aromatic hydroxyl groups is 1. The number of nitro groups is 1. The molecule has 0 radical (unpaired) electrons. The molecule has 140 valence electrons. The number of carbonyl (C=O) groups excluding carboxylic acids is 2. The molecule has 2 aromatic carbocycles. The van der Waals surface area contributed by atoms with Crippen LogP contribution in [0.2, 0.25) is 0 Å². The molecule has 0 heterocycles. The number of hydrogen-bond acceptors (Lipinski definition) is 8. The largest absolute Gasteiger partial charge is 0.507 e. The lowest BCUT2D eigenvalue weighted by molar-refractivity contribution is -0.385. The van der Waals surface area contributed by atoms with Crippen molar-refractivity contribution in [3.63, 3.8) is 0 Å². The van der Waals surface area contributed by atoms with Crippen molar-refractivity contribution in [1.29, 1.82) is 0 Å². The molecule has 0 aliphatic rings. The number of benzene rings is 2. The Morgan fingerprint density at radius 3 is 2.56 bits per heavy atom. The Kier molecular flexibility index (Phi) is 6.05. The van der Waals surface area contributed by atoms with Crippen LogP contribution in [0.5, 0.6) is 17.2 Å². The van der Waals surface area contributed by atoms with E-state index in [2.05, 4.69) is 10.5 Å². The molecule has 1 amide bonds. The number of nitrogens with one attached hydrogen (secondary N) is 1. The standard InChI is InChI=1S/C17H15N3O7/c1-10(21)27-14-8-7-11(15(20(24)25)16(14)26-2)9-18-19-17(23)12-5-3-4-6-13(12)22/h3-9,22H,1-2H3,(H,19,23)/b18-9+. The molecule has 0 atom stereocenters. The summed E-state index contributed by atoms with van der Waals surface area (Å²) in [5, 5.41) is 24.7. The number of amides is 1. The van der Waals surface area contributed by atoms with Crippen LogP contribution in [0.3, 0.4) is 0 Å². The summed E-state index contributed by atoms with van der Waals surface area (Å²) in [5.74, 6) is -1.98. The van der Waals surface area contributed by atoms with Gasteiger partial charge in [-0.2, -0.15) is 5.10 Å². The quantitative estimate of drug-likeness (QED) is 0.259. The van der Waals surface area contributed by atoms with Gasteiger partial charge in [-0.05, 0) is 24.3 Å². The molecule has 27 heavy (non-hydrogen) atoms. The SMILES string of the molecule is COc1c(OC(C)=O)ccc(/C=N/NC(=O)c2ccccc2O)c1[N+](=O)[O-]. The van der Waals surface area contributed by atoms with E-state index in [1.54, 1.807) is 12.1 Å². The number of methoxy groups -OCH3 is 1. The smallest absolute Gasteiger partial charge is 0.323 e. The fourth-order valence-corrected chi connectivity index (χ4v) is 2.18. The van der Waals surface area contributed by atoms with Crippen LogP contribution >= 0.6 is 0 Å². The molecule has 0 aliphatic heterocycles. The molecule has 0 saturated heterocycles. The number of esters is 1. The fraction of sp³-hybridized carbons (Fsp3) is 0.118. The fourth-order valence-electron chi connectivity index (χ4n) is 2.18. The van der Waals surface area contributed by atoms with Crippen LogP contribution in [-0.4, -0.2) is 35.2 Å². The number of rotatable bonds is 6. The number of phenolic OH excluding ortho intramolecular Hbond substituents is 1. The van der Waals surface area contributed by atoms with Gasteiger partial charge in [0.25, 0.3) is 5.91 Å². The second kappa shape index (κ2) is 8.43. The van der Waals surface area contributed by atoms with Crippen molar-refractivity contribution in [3.05, 3.63) is 57.6 Å². The highest BCUT2D eigenvalue weighted by atomic mass is 16.6. The van der Waals surface area contributed by atoms with E-state index in [4.69, 9.17) is 9.47 Å². The van der Waals surface area contributed by atoms with Gasteiger partial charge in [0.2, 0.25) is 5.75 Å². The summed E-state index contributed by atoms with van der Waals surface area (Å²) in [6.07, 6.45) is 1.04. The Hall–Kier alpha value is -3.95. The van der Waals surface area contributed by atoms with E-state index in [9.17, 15) is 24.8 Å². The average Bonchev–Trinajstić information content (AvgIpc) is 2.61. The maximum absolute atomic E-state index is 12.0. The molecule has 2 rings (SSSR count). The molecule has 0 fully saturated rings. The lowest BCUT2D eigenvalue weighted by Crippen LogP contribution is -2.17. The van der Waals surface area contributed by atoms with Crippen LogP contribution in [0, 0.1) is 10.1 Å². The van der Waals surface area contributed by atoms with Crippen molar-refractivity contribution >= 4 is 23.8 Å². The van der Waals surface area contributed by atoms with Crippen LogP contribution in [0.15, 0.2) is 41.5 Å². The second-order valence-electron chi connectivity index (χ2n) is 5.10. The first kappa shape index (κ1) is 19.4. The van der Waals surface area contributed by atoms with Crippen molar-refractivity contribution in [2.45, 2.75) is 6.92 Å². The number of nitro benzene ring substituents is 1. The highest BCUT2D eigenvalue weighted by molar-refractivity contribution is 5.97. The van der Waals surface area contributed by atoms with E-state index in [-0.39, 0.29) is 28.4 Å². The number of hydrazone groups is 1. The third kappa shape index (κ3) is 4.57. The topological polar surface area (TPSA) is 140 Å². The summed E-state index contributed by atoms with van der Waals surface area (Å²) in [6, 6.07) is 8.42. The summed E-state index contributed by atoms with van der Waals surface area (Å²) in [5.41, 5.74) is 1.67. The predicted molar refractivity (Wildman–Crippen MR) is 94.1 cm³/mol. The van der Waals surface area contributed by atoms with Crippen molar-refractivity contribution in [1.82, 2.24) is 5.43 Å². The Labute approximate surface area is 153 Å². The Bertz CT molecular complexity index is 925. The Morgan fingerprint density at radius 1 is 1.26 bits per heavy atom. The van der Waals surface area contributed by atoms with Gasteiger partial charge in [0.05, 0.1) is 29.4 Å². The molecule has 0 aromatic heterocycles. The third-order valence-electron chi connectivity index (χ3n) is 3.29. The van der Waals surface area contributed by atoms with E-state index in [1.165, 1.54) is 31.4 Å². The van der Waals surface area contributed by atoms with E-state index in [1.807, 2.05) is 0 Å². The molecule has 2 aromatic rings. The van der Waals surface area contributed by atoms with Crippen molar-refractivity contribution in [2.24, 2.45) is 5.10 Å². The first-order chi connectivity index (χ1) is 12.8. The van der Waals surface area contributed by atoms with Gasteiger partial charge in [0.1, 0.15) is 5.75 Å². The maximum Gasteiger partial charge on any atom is 0.323 e.